The molecule has 2 amide bonds. The van der Waals surface area contributed by atoms with Gasteiger partial charge in [-0.1, -0.05) is 19.9 Å². The SMILES string of the molecule is CC(C)c1cnc(NC(=O)NCc2ccccn2)s1. The van der Waals surface area contributed by atoms with Crippen molar-refractivity contribution in [3.8, 4) is 0 Å². The van der Waals surface area contributed by atoms with E-state index in [1.807, 2.05) is 18.2 Å². The summed E-state index contributed by atoms with van der Waals surface area (Å²) in [6.45, 7) is 4.59. The van der Waals surface area contributed by atoms with Crippen LogP contribution in [0.4, 0.5) is 9.93 Å². The highest BCUT2D eigenvalue weighted by Gasteiger charge is 2.08. The van der Waals surface area contributed by atoms with Gasteiger partial charge in [0.1, 0.15) is 0 Å². The summed E-state index contributed by atoms with van der Waals surface area (Å²) in [7, 11) is 0. The molecule has 5 nitrogen and oxygen atoms in total. The summed E-state index contributed by atoms with van der Waals surface area (Å²) in [5, 5.41) is 6.07. The maximum Gasteiger partial charge on any atom is 0.321 e. The molecule has 0 aliphatic carbocycles. The molecule has 0 bridgehead atoms. The fourth-order valence-corrected chi connectivity index (χ4v) is 2.24. The summed E-state index contributed by atoms with van der Waals surface area (Å²) >= 11 is 1.49. The van der Waals surface area contributed by atoms with E-state index in [0.29, 0.717) is 17.6 Å². The van der Waals surface area contributed by atoms with Crippen molar-refractivity contribution in [1.29, 1.82) is 0 Å². The van der Waals surface area contributed by atoms with Gasteiger partial charge in [0.15, 0.2) is 5.13 Å². The molecule has 0 aromatic carbocycles. The molecule has 0 unspecified atom stereocenters. The van der Waals surface area contributed by atoms with Gasteiger partial charge in [-0.05, 0) is 18.1 Å². The fourth-order valence-electron chi connectivity index (χ4n) is 1.43. The van der Waals surface area contributed by atoms with Crippen LogP contribution in [0, 0.1) is 0 Å². The number of rotatable bonds is 4. The van der Waals surface area contributed by atoms with Gasteiger partial charge in [-0.3, -0.25) is 10.3 Å². The van der Waals surface area contributed by atoms with Crippen LogP contribution in [0.15, 0.2) is 30.6 Å². The Kier molecular flexibility index (Phi) is 4.46. The Bertz CT molecular complexity index is 539. The highest BCUT2D eigenvalue weighted by molar-refractivity contribution is 7.15. The maximum atomic E-state index is 11.7. The van der Waals surface area contributed by atoms with E-state index in [9.17, 15) is 4.79 Å². The Morgan fingerprint density at radius 2 is 2.21 bits per heavy atom. The molecule has 0 aliphatic heterocycles. The van der Waals surface area contributed by atoms with Gasteiger partial charge in [0.05, 0.1) is 12.2 Å². The molecule has 6 heteroatoms. The first-order valence-corrected chi connectivity index (χ1v) is 6.87. The number of hydrogen-bond donors (Lipinski definition) is 2. The normalized spacial score (nSPS) is 10.5. The van der Waals surface area contributed by atoms with Crippen LogP contribution < -0.4 is 10.6 Å². The second-order valence-corrected chi connectivity index (χ2v) is 5.41. The third-order valence-corrected chi connectivity index (χ3v) is 3.68. The quantitative estimate of drug-likeness (QED) is 0.902. The topological polar surface area (TPSA) is 66.9 Å². The van der Waals surface area contributed by atoms with Crippen molar-refractivity contribution < 1.29 is 4.79 Å². The van der Waals surface area contributed by atoms with Crippen LogP contribution in [0.1, 0.15) is 30.3 Å². The van der Waals surface area contributed by atoms with Crippen molar-refractivity contribution in [3.05, 3.63) is 41.2 Å². The zero-order chi connectivity index (χ0) is 13.7. The Morgan fingerprint density at radius 3 is 2.84 bits per heavy atom. The standard InChI is InChI=1S/C13H16N4OS/c1-9(2)11-8-16-13(19-11)17-12(18)15-7-10-5-3-4-6-14-10/h3-6,8-9H,7H2,1-2H3,(H2,15,16,17,18). The molecule has 100 valence electrons. The van der Waals surface area contributed by atoms with E-state index in [1.165, 1.54) is 11.3 Å². The number of thiazole rings is 1. The summed E-state index contributed by atoms with van der Waals surface area (Å²) in [4.78, 5) is 21.1. The molecular formula is C13H16N4OS. The summed E-state index contributed by atoms with van der Waals surface area (Å²) in [5.74, 6) is 0.421. The number of carbonyl (C=O) groups is 1. The van der Waals surface area contributed by atoms with Crippen LogP contribution in [0.3, 0.4) is 0 Å². The van der Waals surface area contributed by atoms with E-state index < -0.39 is 0 Å². The first-order valence-electron chi connectivity index (χ1n) is 6.05. The smallest absolute Gasteiger partial charge is 0.321 e. The number of pyridine rings is 1. The minimum absolute atomic E-state index is 0.268. The molecule has 2 N–H and O–H groups in total. The van der Waals surface area contributed by atoms with Crippen LogP contribution in [0.25, 0.3) is 0 Å². The van der Waals surface area contributed by atoms with Gasteiger partial charge in [0.25, 0.3) is 0 Å². The fraction of sp³-hybridized carbons (Fsp3) is 0.308. The predicted octanol–water partition coefficient (Wildman–Crippen LogP) is 2.98. The lowest BCUT2D eigenvalue weighted by molar-refractivity contribution is 0.251. The molecule has 0 atom stereocenters. The summed E-state index contributed by atoms with van der Waals surface area (Å²) in [6.07, 6.45) is 3.49. The maximum absolute atomic E-state index is 11.7. The molecule has 0 radical (unpaired) electrons. The highest BCUT2D eigenvalue weighted by atomic mass is 32.1. The van der Waals surface area contributed by atoms with E-state index in [4.69, 9.17) is 0 Å². The zero-order valence-corrected chi connectivity index (χ0v) is 11.7. The minimum atomic E-state index is -0.268. The van der Waals surface area contributed by atoms with Crippen molar-refractivity contribution in [2.24, 2.45) is 0 Å². The molecule has 2 rings (SSSR count). The first-order chi connectivity index (χ1) is 9.15. The molecule has 0 aliphatic rings. The molecule has 0 saturated heterocycles. The van der Waals surface area contributed by atoms with Gasteiger partial charge in [-0.15, -0.1) is 11.3 Å². The molecular weight excluding hydrogens is 260 g/mol. The van der Waals surface area contributed by atoms with Crippen molar-refractivity contribution in [2.75, 3.05) is 5.32 Å². The first kappa shape index (κ1) is 13.5. The summed E-state index contributed by atoms with van der Waals surface area (Å²) in [6, 6.07) is 5.32. The lowest BCUT2D eigenvalue weighted by Crippen LogP contribution is -2.28. The monoisotopic (exact) mass is 276 g/mol. The number of nitrogens with one attached hydrogen (secondary N) is 2. The molecule has 2 heterocycles. The minimum Gasteiger partial charge on any atom is -0.332 e. The molecule has 0 fully saturated rings. The third-order valence-electron chi connectivity index (χ3n) is 2.47. The van der Waals surface area contributed by atoms with Gasteiger partial charge >= 0.3 is 6.03 Å². The predicted molar refractivity (Wildman–Crippen MR) is 76.3 cm³/mol. The Balaban J connectivity index is 1.84. The molecule has 2 aromatic heterocycles. The number of carbonyl (C=O) groups excluding carboxylic acids is 1. The van der Waals surface area contributed by atoms with E-state index >= 15 is 0 Å². The Hall–Kier alpha value is -1.95. The average molecular weight is 276 g/mol. The average Bonchev–Trinajstić information content (AvgIpc) is 2.86. The summed E-state index contributed by atoms with van der Waals surface area (Å²) < 4.78 is 0. The van der Waals surface area contributed by atoms with Crippen LogP contribution >= 0.6 is 11.3 Å². The van der Waals surface area contributed by atoms with Crippen molar-refractivity contribution in [1.82, 2.24) is 15.3 Å². The van der Waals surface area contributed by atoms with Crippen LogP contribution in [0.2, 0.25) is 0 Å². The van der Waals surface area contributed by atoms with Crippen LogP contribution in [-0.2, 0) is 6.54 Å². The second kappa shape index (κ2) is 6.29. The lowest BCUT2D eigenvalue weighted by Gasteiger charge is -2.04. The number of urea groups is 1. The number of amides is 2. The molecule has 2 aromatic rings. The van der Waals surface area contributed by atoms with E-state index in [0.717, 1.165) is 10.6 Å². The van der Waals surface area contributed by atoms with Gasteiger partial charge in [-0.25, -0.2) is 9.78 Å². The van der Waals surface area contributed by atoms with Gasteiger partial charge < -0.3 is 5.32 Å². The van der Waals surface area contributed by atoms with E-state index in [-0.39, 0.29) is 6.03 Å². The van der Waals surface area contributed by atoms with Gasteiger partial charge in [0.2, 0.25) is 0 Å². The number of nitrogens with zero attached hydrogens (tertiary/aromatic N) is 2. The van der Waals surface area contributed by atoms with Crippen molar-refractivity contribution >= 4 is 22.5 Å². The van der Waals surface area contributed by atoms with Crippen LogP contribution in [0.5, 0.6) is 0 Å². The second-order valence-electron chi connectivity index (χ2n) is 4.35. The third kappa shape index (κ3) is 4.03. The summed E-state index contributed by atoms with van der Waals surface area (Å²) in [5.41, 5.74) is 0.819. The number of aromatic nitrogens is 2. The number of anilines is 1. The van der Waals surface area contributed by atoms with Gasteiger partial charge in [0, 0.05) is 17.3 Å². The molecule has 0 spiro atoms. The van der Waals surface area contributed by atoms with E-state index in [2.05, 4.69) is 34.4 Å². The van der Waals surface area contributed by atoms with Crippen molar-refractivity contribution in [2.45, 2.75) is 26.3 Å². The molecule has 0 saturated carbocycles. The Labute approximate surface area is 116 Å². The highest BCUT2D eigenvalue weighted by Crippen LogP contribution is 2.24. The van der Waals surface area contributed by atoms with E-state index in [1.54, 1.807) is 12.4 Å². The lowest BCUT2D eigenvalue weighted by atomic mass is 10.2. The zero-order valence-electron chi connectivity index (χ0n) is 10.9. The number of hydrogen-bond acceptors (Lipinski definition) is 4. The van der Waals surface area contributed by atoms with Crippen LogP contribution in [-0.4, -0.2) is 16.0 Å². The Morgan fingerprint density at radius 1 is 1.37 bits per heavy atom. The van der Waals surface area contributed by atoms with Gasteiger partial charge in [-0.2, -0.15) is 0 Å². The molecule has 19 heavy (non-hydrogen) atoms. The van der Waals surface area contributed by atoms with Crippen molar-refractivity contribution in [3.63, 3.8) is 0 Å². The largest absolute Gasteiger partial charge is 0.332 e.